The van der Waals surface area contributed by atoms with Crippen molar-refractivity contribution in [2.75, 3.05) is 39.6 Å². The highest BCUT2D eigenvalue weighted by atomic mass is 16.5. The van der Waals surface area contributed by atoms with Gasteiger partial charge < -0.3 is 33.0 Å². The highest BCUT2D eigenvalue weighted by Crippen LogP contribution is 2.45. The molecule has 320 valence electrons. The van der Waals surface area contributed by atoms with Crippen LogP contribution in [0.5, 0.6) is 34.5 Å². The summed E-state index contributed by atoms with van der Waals surface area (Å²) in [5, 5.41) is 0.332. The fourth-order valence-electron chi connectivity index (χ4n) is 6.79. The van der Waals surface area contributed by atoms with Crippen LogP contribution in [0.4, 0.5) is 0 Å². The van der Waals surface area contributed by atoms with Crippen molar-refractivity contribution >= 4 is 17.1 Å². The number of nitrogens with zero attached hydrogens (tertiary/aromatic N) is 1. The zero-order chi connectivity index (χ0) is 42.5. The van der Waals surface area contributed by atoms with E-state index in [1.165, 1.54) is 77.0 Å². The summed E-state index contributed by atoms with van der Waals surface area (Å²) in [6.45, 7) is 26.4. The summed E-state index contributed by atoms with van der Waals surface area (Å²) in [5.41, 5.74) is 1.25. The summed E-state index contributed by atoms with van der Waals surface area (Å²) in [4.78, 5) is 14.8. The molecule has 3 aromatic rings. The molecule has 2 aromatic carbocycles. The van der Waals surface area contributed by atoms with E-state index < -0.39 is 0 Å². The van der Waals surface area contributed by atoms with Gasteiger partial charge in [-0.05, 0) is 25.0 Å². The Morgan fingerprint density at radius 1 is 0.508 bits per heavy atom. The van der Waals surface area contributed by atoms with Gasteiger partial charge in [0, 0.05) is 23.9 Å². The molecule has 0 aliphatic rings. The van der Waals surface area contributed by atoms with Crippen LogP contribution in [0.1, 0.15) is 103 Å². The molecule has 0 atom stereocenters. The van der Waals surface area contributed by atoms with Gasteiger partial charge in [0.15, 0.2) is 17.2 Å². The third-order valence-corrected chi connectivity index (χ3v) is 9.61. The van der Waals surface area contributed by atoms with Crippen LogP contribution in [0.15, 0.2) is 111 Å². The van der Waals surface area contributed by atoms with Crippen LogP contribution < -0.4 is 33.8 Å². The van der Waals surface area contributed by atoms with Gasteiger partial charge in [0.1, 0.15) is 51.1 Å². The van der Waals surface area contributed by atoms with E-state index >= 15 is 0 Å². The lowest BCUT2D eigenvalue weighted by molar-refractivity contribution is 0.280. The van der Waals surface area contributed by atoms with Crippen LogP contribution in [-0.2, 0) is 0 Å². The number of hydrogen-bond donors (Lipinski definition) is 0. The van der Waals surface area contributed by atoms with E-state index in [9.17, 15) is 4.79 Å². The maximum absolute atomic E-state index is 14.8. The summed E-state index contributed by atoms with van der Waals surface area (Å²) < 4.78 is 38.8. The Morgan fingerprint density at radius 3 is 1.46 bits per heavy atom. The fourth-order valence-corrected chi connectivity index (χ4v) is 6.79. The molecule has 0 N–H and O–H groups in total. The molecular formula is C51H69NO7. The van der Waals surface area contributed by atoms with Crippen LogP contribution in [0.25, 0.3) is 28.4 Å². The maximum Gasteiger partial charge on any atom is 0.235 e. The number of hydrogen-bond acceptors (Lipinski definition) is 7. The number of unbranched alkanes of at least 4 members (excludes halogenated alkanes) is 14. The Balaban J connectivity index is 2.10. The molecule has 8 nitrogen and oxygen atoms in total. The lowest BCUT2D eigenvalue weighted by Gasteiger charge is -2.22. The average Bonchev–Trinajstić information content (AvgIpc) is 3.25. The first-order valence-corrected chi connectivity index (χ1v) is 21.5. The van der Waals surface area contributed by atoms with Crippen molar-refractivity contribution in [2.24, 2.45) is 0 Å². The normalized spacial score (nSPS) is 10.9. The third kappa shape index (κ3) is 15.7. The number of pyridine rings is 1. The van der Waals surface area contributed by atoms with Gasteiger partial charge in [0.2, 0.25) is 11.2 Å². The smallest absolute Gasteiger partial charge is 0.235 e. The molecular weight excluding hydrogens is 739 g/mol. The molecule has 0 bridgehead atoms. The first-order valence-electron chi connectivity index (χ1n) is 21.5. The summed E-state index contributed by atoms with van der Waals surface area (Å²) in [7, 11) is 0. The number of aromatic nitrogens is 1. The van der Waals surface area contributed by atoms with Crippen molar-refractivity contribution in [3.63, 3.8) is 0 Å². The minimum Gasteiger partial charge on any atom is -0.489 e. The molecule has 0 radical (unpaired) electrons. The first-order chi connectivity index (χ1) is 29.0. The zero-order valence-electron chi connectivity index (χ0n) is 35.8. The van der Waals surface area contributed by atoms with E-state index in [2.05, 4.69) is 52.5 Å². The topological polar surface area (TPSA) is 77.4 Å². The van der Waals surface area contributed by atoms with Gasteiger partial charge in [-0.25, -0.2) is 0 Å². The minimum absolute atomic E-state index is 0.0834. The van der Waals surface area contributed by atoms with Gasteiger partial charge in [0.05, 0.1) is 16.6 Å². The lowest BCUT2D eigenvalue weighted by atomic mass is 10.0. The van der Waals surface area contributed by atoms with E-state index in [-0.39, 0.29) is 50.8 Å². The molecule has 59 heavy (non-hydrogen) atoms. The predicted molar refractivity (Wildman–Crippen MR) is 248 cm³/mol. The van der Waals surface area contributed by atoms with Crippen molar-refractivity contribution in [3.05, 3.63) is 116 Å². The molecule has 0 aliphatic heterocycles. The predicted octanol–water partition coefficient (Wildman–Crippen LogP) is 13.4. The zero-order valence-corrected chi connectivity index (χ0v) is 35.8. The largest absolute Gasteiger partial charge is 0.489 e. The van der Waals surface area contributed by atoms with Crippen LogP contribution >= 0.6 is 0 Å². The Kier molecular flexibility index (Phi) is 23.5. The summed E-state index contributed by atoms with van der Waals surface area (Å²) in [6.07, 6.45) is 33.0. The Morgan fingerprint density at radius 2 is 0.949 bits per heavy atom. The van der Waals surface area contributed by atoms with Crippen molar-refractivity contribution in [1.82, 2.24) is 4.57 Å². The van der Waals surface area contributed by atoms with E-state index in [0.29, 0.717) is 50.9 Å². The van der Waals surface area contributed by atoms with E-state index in [1.807, 2.05) is 29.0 Å². The van der Waals surface area contributed by atoms with Gasteiger partial charge in [-0.2, -0.15) is 0 Å². The molecule has 3 rings (SSSR count). The van der Waals surface area contributed by atoms with Gasteiger partial charge >= 0.3 is 0 Å². The Bertz CT molecular complexity index is 1840. The van der Waals surface area contributed by atoms with Gasteiger partial charge in [-0.3, -0.25) is 4.79 Å². The second-order valence-electron chi connectivity index (χ2n) is 14.4. The second kappa shape index (κ2) is 28.9. The molecule has 0 saturated heterocycles. The van der Waals surface area contributed by atoms with Gasteiger partial charge in [0.25, 0.3) is 0 Å². The highest BCUT2D eigenvalue weighted by molar-refractivity contribution is 5.94. The molecule has 0 fully saturated rings. The van der Waals surface area contributed by atoms with E-state index in [4.69, 9.17) is 28.4 Å². The van der Waals surface area contributed by atoms with Crippen LogP contribution in [0, 0.1) is 0 Å². The van der Waals surface area contributed by atoms with Crippen LogP contribution in [-0.4, -0.2) is 44.2 Å². The molecule has 8 heteroatoms. The number of allylic oxidation sites excluding steroid dienone is 1. The second-order valence-corrected chi connectivity index (χ2v) is 14.4. The van der Waals surface area contributed by atoms with Gasteiger partial charge in [-0.15, -0.1) is 0 Å². The lowest BCUT2D eigenvalue weighted by Crippen LogP contribution is -2.17. The van der Waals surface area contributed by atoms with E-state index in [1.54, 1.807) is 42.5 Å². The van der Waals surface area contributed by atoms with Crippen molar-refractivity contribution in [1.29, 1.82) is 0 Å². The standard InChI is InChI=1S/C51H69NO7/c1-8-15-16-17-18-19-20-21-22-23-24-25-26-27-28-29-30-52-43-39-42(54-31-9-2)40-44(55-32-10-3)47(43)49(53)51(59-36-14-7)48(52)41-37-45(56-33-11-4)50(58-35-13-6)46(38-41)57-34-12-5/h9-14,29-30,37-40H,2-8,15-28,31-36H2,1H3. The highest BCUT2D eigenvalue weighted by Gasteiger charge is 2.26. The number of benzene rings is 2. The number of fused-ring (bicyclic) bond motifs is 1. The van der Waals surface area contributed by atoms with Gasteiger partial charge in [-0.1, -0.05) is 172 Å². The van der Waals surface area contributed by atoms with Crippen molar-refractivity contribution < 1.29 is 28.4 Å². The van der Waals surface area contributed by atoms with Crippen LogP contribution in [0.2, 0.25) is 0 Å². The molecule has 1 aromatic heterocycles. The third-order valence-electron chi connectivity index (χ3n) is 9.61. The molecule has 0 aliphatic carbocycles. The molecule has 1 heterocycles. The molecule has 0 amide bonds. The summed E-state index contributed by atoms with van der Waals surface area (Å²) in [5.74, 6) is 2.12. The Labute approximate surface area is 354 Å². The van der Waals surface area contributed by atoms with E-state index in [0.717, 1.165) is 19.3 Å². The summed E-state index contributed by atoms with van der Waals surface area (Å²) in [6, 6.07) is 7.18. The monoisotopic (exact) mass is 808 g/mol. The molecule has 0 unspecified atom stereocenters. The minimum atomic E-state index is -0.364. The number of rotatable bonds is 35. The first kappa shape index (κ1) is 48.0. The van der Waals surface area contributed by atoms with Crippen molar-refractivity contribution in [3.8, 4) is 45.8 Å². The quantitative estimate of drug-likeness (QED) is 0.0433. The fraction of sp³-hybridized carbons (Fsp3) is 0.431. The molecule has 0 spiro atoms. The van der Waals surface area contributed by atoms with Crippen molar-refractivity contribution in [2.45, 2.75) is 103 Å². The van der Waals surface area contributed by atoms with Crippen LogP contribution in [0.3, 0.4) is 0 Å². The average molecular weight is 808 g/mol. The summed E-state index contributed by atoms with van der Waals surface area (Å²) >= 11 is 0. The SMILES string of the molecule is C=CCOc1cc(OCC=C)c2c(=O)c(OCC=C)c(-c3cc(OCC=C)c(OCC=C)c(OCC=C)c3)n(C=CCCCCCCCCCCCCCCCC)c2c1. The maximum atomic E-state index is 14.8. The molecule has 0 saturated carbocycles. The number of ether oxygens (including phenoxy) is 6. The Hall–Kier alpha value is -5.37.